The summed E-state index contributed by atoms with van der Waals surface area (Å²) in [5.74, 6) is 0. The summed E-state index contributed by atoms with van der Waals surface area (Å²) in [6.45, 7) is 14.0. The molecular weight excluding hydrogens is 186 g/mol. The molecule has 0 bridgehead atoms. The Balaban J connectivity index is 4.50. The zero-order valence-corrected chi connectivity index (χ0v) is 10.0. The van der Waals surface area contributed by atoms with Gasteiger partial charge < -0.3 is 4.79 Å². The van der Waals surface area contributed by atoms with Gasteiger partial charge >= 0.3 is 0 Å². The molecule has 2 nitrogen and oxygen atoms in total. The van der Waals surface area contributed by atoms with E-state index in [1.807, 2.05) is 12.2 Å². The number of rotatable bonds is 9. The lowest BCUT2D eigenvalue weighted by molar-refractivity contribution is -0.117. The van der Waals surface area contributed by atoms with Crippen molar-refractivity contribution in [3.63, 3.8) is 0 Å². The minimum absolute atomic E-state index is 0.202. The molecule has 0 rings (SSSR count). The first kappa shape index (κ1) is 14.1. The van der Waals surface area contributed by atoms with Crippen molar-refractivity contribution >= 4 is 6.29 Å². The summed E-state index contributed by atoms with van der Waals surface area (Å²) in [6, 6.07) is 0. The Hall–Kier alpha value is -0.890. The molecule has 0 radical (unpaired) electrons. The van der Waals surface area contributed by atoms with Gasteiger partial charge in [-0.1, -0.05) is 26.0 Å². The van der Waals surface area contributed by atoms with Crippen molar-refractivity contribution in [3.05, 3.63) is 25.3 Å². The predicted octanol–water partition coefficient (Wildman–Crippen LogP) is 2.67. The fraction of sp³-hybridized carbons (Fsp3) is 0.615. The molecule has 86 valence electrons. The maximum Gasteiger partial charge on any atom is 0.127 e. The second kappa shape index (κ2) is 7.41. The largest absolute Gasteiger partial charge is 0.303 e. The lowest BCUT2D eigenvalue weighted by Crippen LogP contribution is -2.38. The van der Waals surface area contributed by atoms with Gasteiger partial charge in [0.15, 0.2) is 0 Å². The molecule has 2 heteroatoms. The molecule has 0 saturated heterocycles. The zero-order chi connectivity index (χ0) is 11.7. The van der Waals surface area contributed by atoms with Gasteiger partial charge in [-0.2, -0.15) is 0 Å². The highest BCUT2D eigenvalue weighted by Gasteiger charge is 2.27. The number of carbonyl (C=O) groups is 1. The zero-order valence-electron chi connectivity index (χ0n) is 10.0. The maximum atomic E-state index is 11.2. The van der Waals surface area contributed by atoms with Gasteiger partial charge in [-0.15, -0.1) is 13.2 Å². The van der Waals surface area contributed by atoms with Crippen LogP contribution in [0.2, 0.25) is 0 Å². The molecule has 0 aromatic rings. The average Bonchev–Trinajstić information content (AvgIpc) is 2.27. The van der Waals surface area contributed by atoms with Crippen LogP contribution in [0, 0.1) is 5.41 Å². The van der Waals surface area contributed by atoms with Gasteiger partial charge in [0.05, 0.1) is 0 Å². The van der Waals surface area contributed by atoms with E-state index in [1.165, 1.54) is 0 Å². The summed E-state index contributed by atoms with van der Waals surface area (Å²) in [6.07, 6.45) is 6.61. The third kappa shape index (κ3) is 4.43. The lowest BCUT2D eigenvalue weighted by Gasteiger charge is -2.31. The second-order valence-corrected chi connectivity index (χ2v) is 3.96. The molecule has 0 fully saturated rings. The van der Waals surface area contributed by atoms with E-state index >= 15 is 0 Å². The molecule has 0 spiro atoms. The Morgan fingerprint density at radius 2 is 1.60 bits per heavy atom. The van der Waals surface area contributed by atoms with Gasteiger partial charge in [0.2, 0.25) is 0 Å². The molecular formula is C13H23NO. The topological polar surface area (TPSA) is 20.3 Å². The first-order valence-corrected chi connectivity index (χ1v) is 5.58. The van der Waals surface area contributed by atoms with Crippen LogP contribution in [0.4, 0.5) is 0 Å². The Bertz CT molecular complexity index is 197. The van der Waals surface area contributed by atoms with E-state index in [-0.39, 0.29) is 5.41 Å². The Kier molecular flexibility index (Phi) is 6.97. The van der Waals surface area contributed by atoms with Gasteiger partial charge in [-0.05, 0) is 12.8 Å². The van der Waals surface area contributed by atoms with Crippen LogP contribution < -0.4 is 0 Å². The monoisotopic (exact) mass is 209 g/mol. The van der Waals surface area contributed by atoms with Gasteiger partial charge in [-0.25, -0.2) is 0 Å². The fourth-order valence-corrected chi connectivity index (χ4v) is 1.69. The summed E-state index contributed by atoms with van der Waals surface area (Å²) < 4.78 is 0. The van der Waals surface area contributed by atoms with Crippen molar-refractivity contribution in [1.29, 1.82) is 0 Å². The molecule has 0 aromatic heterocycles. The smallest absolute Gasteiger partial charge is 0.127 e. The molecule has 0 atom stereocenters. The van der Waals surface area contributed by atoms with Crippen LogP contribution in [-0.2, 0) is 4.79 Å². The summed E-state index contributed by atoms with van der Waals surface area (Å²) in [7, 11) is 0. The standard InChI is InChI=1S/C13H23NO/c1-5-9-14(10-6-2)11-13(7-3,8-4)12-15/h5-6,12H,1-2,7-11H2,3-4H3. The molecule has 0 amide bonds. The SMILES string of the molecule is C=CCN(CC=C)CC(C=O)(CC)CC. The minimum Gasteiger partial charge on any atom is -0.303 e. The van der Waals surface area contributed by atoms with E-state index < -0.39 is 0 Å². The van der Waals surface area contributed by atoms with Crippen LogP contribution >= 0.6 is 0 Å². The Labute approximate surface area is 93.7 Å². The highest BCUT2D eigenvalue weighted by atomic mass is 16.1. The van der Waals surface area contributed by atoms with Crippen molar-refractivity contribution in [2.45, 2.75) is 26.7 Å². The molecule has 0 N–H and O–H groups in total. The van der Waals surface area contributed by atoms with Crippen molar-refractivity contribution in [2.24, 2.45) is 5.41 Å². The average molecular weight is 209 g/mol. The molecule has 0 aliphatic heterocycles. The number of hydrogen-bond acceptors (Lipinski definition) is 2. The molecule has 0 unspecified atom stereocenters. The quantitative estimate of drug-likeness (QED) is 0.430. The number of hydrogen-bond donors (Lipinski definition) is 0. The van der Waals surface area contributed by atoms with E-state index in [1.54, 1.807) is 0 Å². The molecule has 15 heavy (non-hydrogen) atoms. The van der Waals surface area contributed by atoms with Gasteiger partial charge in [0.1, 0.15) is 6.29 Å². The van der Waals surface area contributed by atoms with Gasteiger partial charge in [0, 0.05) is 25.0 Å². The van der Waals surface area contributed by atoms with E-state index in [4.69, 9.17) is 0 Å². The lowest BCUT2D eigenvalue weighted by atomic mass is 9.83. The van der Waals surface area contributed by atoms with E-state index in [9.17, 15) is 4.79 Å². The maximum absolute atomic E-state index is 11.2. The fourth-order valence-electron chi connectivity index (χ4n) is 1.69. The van der Waals surface area contributed by atoms with E-state index in [0.29, 0.717) is 0 Å². The number of aldehydes is 1. The molecule has 0 saturated carbocycles. The second-order valence-electron chi connectivity index (χ2n) is 3.96. The predicted molar refractivity (Wildman–Crippen MR) is 65.9 cm³/mol. The molecule has 0 aliphatic carbocycles. The number of nitrogens with zero attached hydrogens (tertiary/aromatic N) is 1. The van der Waals surface area contributed by atoms with Crippen molar-refractivity contribution in [1.82, 2.24) is 4.90 Å². The van der Waals surface area contributed by atoms with Gasteiger partial charge in [0.25, 0.3) is 0 Å². The van der Waals surface area contributed by atoms with Crippen molar-refractivity contribution in [2.75, 3.05) is 19.6 Å². The van der Waals surface area contributed by atoms with Crippen LogP contribution in [0.5, 0.6) is 0 Å². The summed E-state index contributed by atoms with van der Waals surface area (Å²) >= 11 is 0. The summed E-state index contributed by atoms with van der Waals surface area (Å²) in [4.78, 5) is 13.4. The van der Waals surface area contributed by atoms with Crippen molar-refractivity contribution in [3.8, 4) is 0 Å². The highest BCUT2D eigenvalue weighted by Crippen LogP contribution is 2.24. The number of carbonyl (C=O) groups excluding carboxylic acids is 1. The van der Waals surface area contributed by atoms with Crippen LogP contribution in [0.15, 0.2) is 25.3 Å². The Morgan fingerprint density at radius 3 is 1.87 bits per heavy atom. The van der Waals surface area contributed by atoms with E-state index in [2.05, 4.69) is 31.9 Å². The van der Waals surface area contributed by atoms with Crippen LogP contribution in [0.1, 0.15) is 26.7 Å². The van der Waals surface area contributed by atoms with Crippen LogP contribution in [0.3, 0.4) is 0 Å². The molecule has 0 aliphatic rings. The normalized spacial score (nSPS) is 11.4. The Morgan fingerprint density at radius 1 is 1.13 bits per heavy atom. The molecule has 0 aromatic carbocycles. The minimum atomic E-state index is -0.202. The van der Waals surface area contributed by atoms with E-state index in [0.717, 1.165) is 38.8 Å². The highest BCUT2D eigenvalue weighted by molar-refractivity contribution is 5.59. The van der Waals surface area contributed by atoms with Gasteiger partial charge in [-0.3, -0.25) is 4.90 Å². The van der Waals surface area contributed by atoms with Crippen molar-refractivity contribution < 1.29 is 4.79 Å². The van der Waals surface area contributed by atoms with Crippen LogP contribution in [-0.4, -0.2) is 30.8 Å². The first-order valence-electron chi connectivity index (χ1n) is 5.58. The third-order valence-corrected chi connectivity index (χ3v) is 2.97. The first-order chi connectivity index (χ1) is 7.17. The summed E-state index contributed by atoms with van der Waals surface area (Å²) in [5.41, 5.74) is -0.202. The van der Waals surface area contributed by atoms with Crippen LogP contribution in [0.25, 0.3) is 0 Å². The third-order valence-electron chi connectivity index (χ3n) is 2.97. The summed E-state index contributed by atoms with van der Waals surface area (Å²) in [5, 5.41) is 0. The molecule has 0 heterocycles.